The topological polar surface area (TPSA) is 135 Å². The van der Waals surface area contributed by atoms with Crippen molar-refractivity contribution in [1.29, 1.82) is 0 Å². The number of alkyl halides is 1. The van der Waals surface area contributed by atoms with Crippen LogP contribution in [0.5, 0.6) is 0 Å². The molecule has 5 rings (SSSR count). The number of nitrogens with one attached hydrogen (secondary N) is 3. The lowest BCUT2D eigenvalue weighted by Gasteiger charge is -2.12. The highest BCUT2D eigenvalue weighted by molar-refractivity contribution is 5.94. The molecule has 1 amide bonds. The van der Waals surface area contributed by atoms with E-state index < -0.39 is 23.7 Å². The zero-order chi connectivity index (χ0) is 26.7. The maximum atomic E-state index is 13.2. The molecule has 0 aromatic carbocycles. The number of carbonyl (C=O) groups excluding carboxylic acids is 2. The van der Waals surface area contributed by atoms with Crippen LogP contribution in [0.1, 0.15) is 48.0 Å². The fraction of sp³-hybridized carbons (Fsp3) is 0.280. The maximum Gasteiger partial charge on any atom is 0.279 e. The second-order valence-electron chi connectivity index (χ2n) is 8.09. The number of hydrogen-bond acceptors (Lipinski definition) is 8. The molecule has 4 aromatic heterocycles. The molecule has 12 heteroatoms. The molecule has 1 fully saturated rings. The Morgan fingerprint density at radius 1 is 1.11 bits per heavy atom. The Hall–Kier alpha value is -4.61. The Kier molecular flexibility index (Phi) is 7.27. The number of pyridine rings is 2. The Morgan fingerprint density at radius 2 is 1.86 bits per heavy atom. The van der Waals surface area contributed by atoms with Gasteiger partial charge in [-0.25, -0.2) is 18.9 Å². The molecule has 1 aliphatic carbocycles. The minimum Gasteiger partial charge on any atom is -0.385 e. The largest absolute Gasteiger partial charge is 0.385 e. The molecule has 1 saturated carbocycles. The number of imidazole rings is 1. The summed E-state index contributed by atoms with van der Waals surface area (Å²) in [6.45, 7) is 5.44. The van der Waals surface area contributed by atoms with Gasteiger partial charge < -0.3 is 16.0 Å². The van der Waals surface area contributed by atoms with Gasteiger partial charge in [-0.3, -0.25) is 19.0 Å². The third kappa shape index (κ3) is 5.17. The molecule has 0 saturated heterocycles. The van der Waals surface area contributed by atoms with Crippen molar-refractivity contribution >= 4 is 34.5 Å². The van der Waals surface area contributed by atoms with E-state index in [0.717, 1.165) is 0 Å². The summed E-state index contributed by atoms with van der Waals surface area (Å²) in [6.07, 6.45) is 3.59. The monoisotopic (exact) mass is 506 g/mol. The number of halogens is 1. The summed E-state index contributed by atoms with van der Waals surface area (Å²) in [7, 11) is 1.69. The lowest BCUT2D eigenvalue weighted by atomic mass is 10.2. The van der Waals surface area contributed by atoms with Gasteiger partial charge in [0.25, 0.3) is 11.5 Å². The van der Waals surface area contributed by atoms with Crippen LogP contribution >= 0.6 is 0 Å². The number of aromatic nitrogens is 5. The van der Waals surface area contributed by atoms with Crippen molar-refractivity contribution in [2.45, 2.75) is 39.4 Å². The summed E-state index contributed by atoms with van der Waals surface area (Å²) in [6, 6.07) is 7.59. The number of hydrogen-bond donors (Lipinski definition) is 3. The van der Waals surface area contributed by atoms with Crippen molar-refractivity contribution in [1.82, 2.24) is 29.5 Å². The third-order valence-electron chi connectivity index (χ3n) is 5.61. The van der Waals surface area contributed by atoms with Crippen LogP contribution in [0, 0.1) is 0 Å². The average molecular weight is 507 g/mol. The molecule has 4 aromatic rings. The van der Waals surface area contributed by atoms with Crippen LogP contribution in [0.15, 0.2) is 53.7 Å². The summed E-state index contributed by atoms with van der Waals surface area (Å²) in [5.41, 5.74) is 1.36. The highest BCUT2D eigenvalue weighted by Crippen LogP contribution is 2.26. The molecule has 37 heavy (non-hydrogen) atoms. The van der Waals surface area contributed by atoms with Crippen LogP contribution in [0.25, 0.3) is 11.5 Å². The van der Waals surface area contributed by atoms with Gasteiger partial charge in [-0.1, -0.05) is 13.8 Å². The molecule has 11 nitrogen and oxygen atoms in total. The first kappa shape index (κ1) is 25.5. The van der Waals surface area contributed by atoms with Gasteiger partial charge in [-0.05, 0) is 31.2 Å². The van der Waals surface area contributed by atoms with Crippen molar-refractivity contribution < 1.29 is 14.0 Å². The van der Waals surface area contributed by atoms with E-state index in [0.29, 0.717) is 22.7 Å². The molecule has 1 aliphatic rings. The van der Waals surface area contributed by atoms with E-state index >= 15 is 0 Å². The molecular weight excluding hydrogens is 479 g/mol. The molecule has 0 aliphatic heterocycles. The van der Waals surface area contributed by atoms with Crippen LogP contribution in [0.2, 0.25) is 0 Å². The van der Waals surface area contributed by atoms with Crippen molar-refractivity contribution in [2.24, 2.45) is 0 Å². The molecule has 0 spiro atoms. The van der Waals surface area contributed by atoms with Crippen LogP contribution in [-0.4, -0.2) is 55.1 Å². The number of amides is 1. The number of rotatable bonds is 7. The molecule has 2 unspecified atom stereocenters. The van der Waals surface area contributed by atoms with Crippen LogP contribution in [0.3, 0.4) is 0 Å². The van der Waals surface area contributed by atoms with Crippen LogP contribution < -0.4 is 21.5 Å². The number of fused-ring (bicyclic) bond motifs is 1. The number of carbonyl (C=O) groups is 2. The quantitative estimate of drug-likeness (QED) is 0.326. The van der Waals surface area contributed by atoms with Gasteiger partial charge in [0.05, 0.1) is 17.9 Å². The summed E-state index contributed by atoms with van der Waals surface area (Å²) in [5, 5.41) is 13.0. The van der Waals surface area contributed by atoms with E-state index in [2.05, 4.69) is 31.0 Å². The molecule has 3 N–H and O–H groups in total. The molecular formula is C25H27FN8O3. The molecule has 0 radical (unpaired) electrons. The van der Waals surface area contributed by atoms with Gasteiger partial charge in [-0.15, -0.1) is 5.10 Å². The van der Waals surface area contributed by atoms with Gasteiger partial charge in [0.15, 0.2) is 22.9 Å². The maximum absolute atomic E-state index is 13.2. The first-order valence-electron chi connectivity index (χ1n) is 11.8. The normalized spacial score (nSPS) is 15.9. The van der Waals surface area contributed by atoms with Gasteiger partial charge in [0.2, 0.25) is 0 Å². The number of Topliss-reactive ketones (excluding diaryl/α,β-unsaturated/α-hetero) is 1. The molecule has 2 atom stereocenters. The minimum absolute atomic E-state index is 0.122. The highest BCUT2D eigenvalue weighted by Gasteiger charge is 2.39. The van der Waals surface area contributed by atoms with E-state index in [1.807, 2.05) is 13.8 Å². The van der Waals surface area contributed by atoms with E-state index in [1.165, 1.54) is 28.4 Å². The lowest BCUT2D eigenvalue weighted by molar-refractivity contribution is 0.0939. The third-order valence-corrected chi connectivity index (χ3v) is 5.61. The first-order chi connectivity index (χ1) is 17.9. The van der Waals surface area contributed by atoms with E-state index in [-0.39, 0.29) is 29.4 Å². The Bertz CT molecular complexity index is 1510. The number of nitrogens with zero attached hydrogens (tertiary/aromatic N) is 5. The first-order valence-corrected chi connectivity index (χ1v) is 11.8. The summed E-state index contributed by atoms with van der Waals surface area (Å²) >= 11 is 0. The summed E-state index contributed by atoms with van der Waals surface area (Å²) in [5.74, 6) is 0.0144. The zero-order valence-electron chi connectivity index (χ0n) is 20.8. The SMILES string of the molecule is CC.CNc1cc(Nc2cccn(-c3ccc(C(C)=O)cn3)c2=O)nn2c(C(=O)NC3CC3F)cnc12. The Labute approximate surface area is 211 Å². The predicted octanol–water partition coefficient (Wildman–Crippen LogP) is 3.13. The zero-order valence-corrected chi connectivity index (χ0v) is 20.8. The van der Waals surface area contributed by atoms with Crippen molar-refractivity contribution in [3.05, 3.63) is 70.5 Å². The minimum atomic E-state index is -1.04. The van der Waals surface area contributed by atoms with Crippen molar-refractivity contribution in [2.75, 3.05) is 17.7 Å². The second kappa shape index (κ2) is 10.6. The smallest absolute Gasteiger partial charge is 0.279 e. The Morgan fingerprint density at radius 3 is 2.49 bits per heavy atom. The van der Waals surface area contributed by atoms with E-state index in [9.17, 15) is 18.8 Å². The van der Waals surface area contributed by atoms with E-state index in [4.69, 9.17) is 0 Å². The lowest BCUT2D eigenvalue weighted by Crippen LogP contribution is -2.28. The predicted molar refractivity (Wildman–Crippen MR) is 138 cm³/mol. The van der Waals surface area contributed by atoms with Crippen LogP contribution in [-0.2, 0) is 0 Å². The molecule has 0 bridgehead atoms. The highest BCUT2D eigenvalue weighted by atomic mass is 19.1. The average Bonchev–Trinajstić information content (AvgIpc) is 3.42. The second-order valence-corrected chi connectivity index (χ2v) is 8.09. The van der Waals surface area contributed by atoms with Gasteiger partial charge in [0.1, 0.15) is 17.7 Å². The van der Waals surface area contributed by atoms with Crippen molar-refractivity contribution in [3.63, 3.8) is 0 Å². The molecule has 192 valence electrons. The van der Waals surface area contributed by atoms with Crippen LogP contribution in [0.4, 0.5) is 21.6 Å². The standard InChI is InChI=1S/C23H21FN8O3.C2H6/c1-12(33)13-5-6-20(26-10-13)31-7-3-4-15(23(31)35)28-19-9-17(25-2)21-27-11-18(32(21)30-19)22(34)29-16-8-14(16)24;1-2/h3-7,9-11,14,16,25H,8H2,1-2H3,(H,28,30)(H,29,34);1-2H3. The summed E-state index contributed by atoms with van der Waals surface area (Å²) < 4.78 is 15.9. The fourth-order valence-corrected chi connectivity index (χ4v) is 3.57. The number of anilines is 3. The van der Waals surface area contributed by atoms with Gasteiger partial charge in [0, 0.05) is 37.5 Å². The van der Waals surface area contributed by atoms with Gasteiger partial charge in [-0.2, -0.15) is 0 Å². The fourth-order valence-electron chi connectivity index (χ4n) is 3.57. The van der Waals surface area contributed by atoms with Gasteiger partial charge >= 0.3 is 0 Å². The Balaban J connectivity index is 0.00000156. The van der Waals surface area contributed by atoms with E-state index in [1.54, 1.807) is 43.6 Å². The molecule has 4 heterocycles. The number of ketones is 1. The summed E-state index contributed by atoms with van der Waals surface area (Å²) in [4.78, 5) is 45.7. The van der Waals surface area contributed by atoms with Crippen molar-refractivity contribution in [3.8, 4) is 5.82 Å².